The molecule has 122 valence electrons. The maximum atomic E-state index is 14.1. The zero-order valence-corrected chi connectivity index (χ0v) is 13.7. The maximum Gasteiger partial charge on any atom is 0.263 e. The lowest BCUT2D eigenvalue weighted by Crippen LogP contribution is -2.25. The molecule has 1 N–H and O–H groups in total. The normalized spacial score (nSPS) is 15.5. The van der Waals surface area contributed by atoms with Crippen LogP contribution in [-0.4, -0.2) is 16.6 Å². The summed E-state index contributed by atoms with van der Waals surface area (Å²) >= 11 is 1.26. The molecule has 3 nitrogen and oxygen atoms in total. The summed E-state index contributed by atoms with van der Waals surface area (Å²) in [7, 11) is 0. The monoisotopic (exact) mass is 344 g/mol. The second-order valence-electron chi connectivity index (χ2n) is 6.05. The number of halogens is 2. The Morgan fingerprint density at radius 1 is 1.29 bits per heavy atom. The van der Waals surface area contributed by atoms with E-state index in [2.05, 4.69) is 10.3 Å². The fourth-order valence-corrected chi connectivity index (χ4v) is 3.58. The molecule has 0 saturated heterocycles. The van der Waals surface area contributed by atoms with E-state index in [1.54, 1.807) is 18.2 Å². The molecule has 2 aromatic carbocycles. The third-order valence-corrected chi connectivity index (χ3v) is 5.15. The molecule has 1 heterocycles. The number of amides is 1. The summed E-state index contributed by atoms with van der Waals surface area (Å²) < 4.78 is 28.7. The molecule has 1 aromatic heterocycles. The molecule has 3 aromatic rings. The fourth-order valence-electron chi connectivity index (χ4n) is 2.68. The summed E-state index contributed by atoms with van der Waals surface area (Å²) in [6, 6.07) is 10.4. The van der Waals surface area contributed by atoms with Crippen molar-refractivity contribution < 1.29 is 13.6 Å². The lowest BCUT2D eigenvalue weighted by atomic mass is 10.00. The van der Waals surface area contributed by atoms with Gasteiger partial charge in [0.2, 0.25) is 0 Å². The van der Waals surface area contributed by atoms with Gasteiger partial charge in [-0.3, -0.25) is 10.1 Å². The first-order chi connectivity index (χ1) is 11.5. The second-order valence-corrected chi connectivity index (χ2v) is 7.08. The summed E-state index contributed by atoms with van der Waals surface area (Å²) in [5.41, 5.74) is 1.12. The average molecular weight is 344 g/mol. The number of aromatic nitrogens is 1. The van der Waals surface area contributed by atoms with Gasteiger partial charge in [-0.25, -0.2) is 13.8 Å². The van der Waals surface area contributed by atoms with Crippen molar-refractivity contribution in [2.75, 3.05) is 5.32 Å². The number of fused-ring (bicyclic) bond motifs is 1. The summed E-state index contributed by atoms with van der Waals surface area (Å²) in [4.78, 5) is 16.1. The Bertz CT molecular complexity index is 943. The van der Waals surface area contributed by atoms with Crippen LogP contribution in [0.25, 0.3) is 21.3 Å². The van der Waals surface area contributed by atoms with E-state index in [9.17, 15) is 13.6 Å². The molecule has 1 aliphatic rings. The van der Waals surface area contributed by atoms with Crippen molar-refractivity contribution in [3.63, 3.8) is 0 Å². The molecule has 1 fully saturated rings. The molecule has 0 spiro atoms. The van der Waals surface area contributed by atoms with Crippen LogP contribution in [0.5, 0.6) is 0 Å². The molecule has 0 bridgehead atoms. The van der Waals surface area contributed by atoms with Crippen LogP contribution in [0.2, 0.25) is 0 Å². The number of nitrogens with one attached hydrogen (secondary N) is 1. The summed E-state index contributed by atoms with van der Waals surface area (Å²) in [5.74, 6) is -0.910. The SMILES string of the molecule is Cc1cccc(F)c1-c1ccc2nc(NC(=O)C3(F)CC3)sc2c1. The molecular formula is C18H14F2N2OS. The van der Waals surface area contributed by atoms with Gasteiger partial charge in [-0.05, 0) is 49.1 Å². The quantitative estimate of drug-likeness (QED) is 0.738. The standard InChI is InChI=1S/C18H14F2N2OS/c1-10-3-2-4-12(19)15(10)11-5-6-13-14(9-11)24-17(21-13)22-16(23)18(20)7-8-18/h2-6,9H,7-8H2,1H3,(H,21,22,23). The van der Waals surface area contributed by atoms with Gasteiger partial charge in [0.05, 0.1) is 10.2 Å². The molecule has 1 aliphatic carbocycles. The number of hydrogen-bond donors (Lipinski definition) is 1. The van der Waals surface area contributed by atoms with Crippen LogP contribution < -0.4 is 5.32 Å². The number of carbonyl (C=O) groups is 1. The van der Waals surface area contributed by atoms with Crippen LogP contribution in [0.1, 0.15) is 18.4 Å². The van der Waals surface area contributed by atoms with Gasteiger partial charge in [0.25, 0.3) is 5.91 Å². The molecule has 24 heavy (non-hydrogen) atoms. The summed E-state index contributed by atoms with van der Waals surface area (Å²) in [6.45, 7) is 1.86. The minimum Gasteiger partial charge on any atom is -0.299 e. The minimum absolute atomic E-state index is 0.264. The molecule has 1 amide bonds. The fraction of sp³-hybridized carbons (Fsp3) is 0.222. The Balaban J connectivity index is 1.70. The van der Waals surface area contributed by atoms with Gasteiger partial charge in [-0.2, -0.15) is 0 Å². The van der Waals surface area contributed by atoms with E-state index in [0.717, 1.165) is 15.8 Å². The Labute approximate surface area is 141 Å². The molecule has 0 radical (unpaired) electrons. The Morgan fingerprint density at radius 2 is 2.08 bits per heavy atom. The van der Waals surface area contributed by atoms with Crippen molar-refractivity contribution in [2.24, 2.45) is 0 Å². The lowest BCUT2D eigenvalue weighted by molar-refractivity contribution is -0.122. The largest absolute Gasteiger partial charge is 0.299 e. The van der Waals surface area contributed by atoms with E-state index >= 15 is 0 Å². The van der Waals surface area contributed by atoms with Gasteiger partial charge >= 0.3 is 0 Å². The van der Waals surface area contributed by atoms with E-state index < -0.39 is 11.6 Å². The summed E-state index contributed by atoms with van der Waals surface area (Å²) in [5, 5.41) is 2.90. The van der Waals surface area contributed by atoms with Crippen molar-refractivity contribution in [1.82, 2.24) is 4.98 Å². The summed E-state index contributed by atoms with van der Waals surface area (Å²) in [6.07, 6.45) is 0.529. The molecule has 0 aliphatic heterocycles. The number of benzene rings is 2. The van der Waals surface area contributed by atoms with Gasteiger partial charge in [0.15, 0.2) is 10.8 Å². The molecule has 6 heteroatoms. The van der Waals surface area contributed by atoms with Crippen molar-refractivity contribution in [1.29, 1.82) is 0 Å². The van der Waals surface area contributed by atoms with Crippen LogP contribution in [0.4, 0.5) is 13.9 Å². The van der Waals surface area contributed by atoms with Crippen molar-refractivity contribution in [3.05, 3.63) is 47.8 Å². The molecule has 0 unspecified atom stereocenters. The van der Waals surface area contributed by atoms with E-state index in [0.29, 0.717) is 16.2 Å². The number of thiazole rings is 1. The van der Waals surface area contributed by atoms with E-state index in [1.165, 1.54) is 17.4 Å². The van der Waals surface area contributed by atoms with Crippen LogP contribution in [0, 0.1) is 12.7 Å². The second kappa shape index (κ2) is 5.34. The number of alkyl halides is 1. The first-order valence-electron chi connectivity index (χ1n) is 7.63. The van der Waals surface area contributed by atoms with Gasteiger partial charge in [0, 0.05) is 5.56 Å². The average Bonchev–Trinajstić information content (AvgIpc) is 3.16. The molecule has 0 atom stereocenters. The predicted octanol–water partition coefficient (Wildman–Crippen LogP) is 4.85. The molecular weight excluding hydrogens is 330 g/mol. The molecule has 1 saturated carbocycles. The van der Waals surface area contributed by atoms with Crippen molar-refractivity contribution >= 4 is 32.6 Å². The highest BCUT2D eigenvalue weighted by Gasteiger charge is 2.51. The Hall–Kier alpha value is -2.34. The van der Waals surface area contributed by atoms with E-state index in [4.69, 9.17) is 0 Å². The highest BCUT2D eigenvalue weighted by Crippen LogP contribution is 2.41. The van der Waals surface area contributed by atoms with Crippen LogP contribution in [-0.2, 0) is 4.79 Å². The van der Waals surface area contributed by atoms with E-state index in [1.807, 2.05) is 19.1 Å². The first kappa shape index (κ1) is 15.2. The lowest BCUT2D eigenvalue weighted by Gasteiger charge is -2.07. The van der Waals surface area contributed by atoms with Gasteiger partial charge in [-0.1, -0.05) is 29.5 Å². The first-order valence-corrected chi connectivity index (χ1v) is 8.44. The predicted molar refractivity (Wildman–Crippen MR) is 91.5 cm³/mol. The zero-order valence-electron chi connectivity index (χ0n) is 12.9. The van der Waals surface area contributed by atoms with Crippen molar-refractivity contribution in [2.45, 2.75) is 25.4 Å². The van der Waals surface area contributed by atoms with Gasteiger partial charge in [-0.15, -0.1) is 0 Å². The number of nitrogens with zero attached hydrogens (tertiary/aromatic N) is 1. The molecule has 4 rings (SSSR count). The van der Waals surface area contributed by atoms with E-state index in [-0.39, 0.29) is 18.7 Å². The maximum absolute atomic E-state index is 14.1. The zero-order chi connectivity index (χ0) is 16.9. The third-order valence-electron chi connectivity index (χ3n) is 4.22. The van der Waals surface area contributed by atoms with Crippen LogP contribution in [0.3, 0.4) is 0 Å². The van der Waals surface area contributed by atoms with Gasteiger partial charge in [0.1, 0.15) is 5.82 Å². The number of hydrogen-bond acceptors (Lipinski definition) is 3. The number of carbonyl (C=O) groups excluding carboxylic acids is 1. The third kappa shape index (κ3) is 2.57. The smallest absolute Gasteiger partial charge is 0.263 e. The van der Waals surface area contributed by atoms with Crippen molar-refractivity contribution in [3.8, 4) is 11.1 Å². The van der Waals surface area contributed by atoms with Gasteiger partial charge < -0.3 is 0 Å². The Morgan fingerprint density at radius 3 is 2.79 bits per heavy atom. The number of aryl methyl sites for hydroxylation is 1. The Kier molecular flexibility index (Phi) is 3.38. The highest BCUT2D eigenvalue weighted by atomic mass is 32.1. The van der Waals surface area contributed by atoms with Crippen LogP contribution in [0.15, 0.2) is 36.4 Å². The minimum atomic E-state index is -1.73. The highest BCUT2D eigenvalue weighted by molar-refractivity contribution is 7.22. The van der Waals surface area contributed by atoms with Crippen LogP contribution >= 0.6 is 11.3 Å². The number of anilines is 1. The topological polar surface area (TPSA) is 42.0 Å². The number of rotatable bonds is 3.